The van der Waals surface area contributed by atoms with Crippen LogP contribution in [0.3, 0.4) is 0 Å². The lowest BCUT2D eigenvalue weighted by molar-refractivity contribution is 0.752. The first-order valence-corrected chi connectivity index (χ1v) is 3.69. The third kappa shape index (κ3) is 2.13. The molecule has 0 saturated heterocycles. The number of aromatic nitrogens is 2. The molecule has 0 N–H and O–H groups in total. The zero-order chi connectivity index (χ0) is 7.23. The van der Waals surface area contributed by atoms with Crippen LogP contribution >= 0.6 is 0 Å². The molecule has 0 atom stereocenters. The summed E-state index contributed by atoms with van der Waals surface area (Å²) in [6, 6.07) is 1.84. The summed E-state index contributed by atoms with van der Waals surface area (Å²) in [5.41, 5.74) is 0. The average Bonchev–Trinajstić information content (AvgIpc) is 2.03. The maximum atomic E-state index is 4.11. The summed E-state index contributed by atoms with van der Waals surface area (Å²) < 4.78 is 0. The quantitative estimate of drug-likeness (QED) is 0.633. The maximum absolute atomic E-state index is 4.11. The van der Waals surface area contributed by atoms with Gasteiger partial charge in [0.15, 0.2) is 0 Å². The van der Waals surface area contributed by atoms with E-state index >= 15 is 0 Å². The average molecular weight is 136 g/mol. The van der Waals surface area contributed by atoms with E-state index in [0.29, 0.717) is 0 Å². The van der Waals surface area contributed by atoms with Gasteiger partial charge in [0, 0.05) is 18.8 Å². The van der Waals surface area contributed by atoms with E-state index in [9.17, 15) is 0 Å². The number of aryl methyl sites for hydroxylation is 1. The molecule has 0 spiro atoms. The molecule has 0 amide bonds. The Labute approximate surface area is 61.3 Å². The van der Waals surface area contributed by atoms with Crippen molar-refractivity contribution < 1.29 is 0 Å². The smallest absolute Gasteiger partial charge is 0.128 e. The Balaban J connectivity index is 2.43. The van der Waals surface area contributed by atoms with Gasteiger partial charge >= 0.3 is 0 Å². The Hall–Kier alpha value is -0.920. The zero-order valence-corrected chi connectivity index (χ0v) is 6.25. The van der Waals surface area contributed by atoms with Crippen LogP contribution in [-0.4, -0.2) is 9.97 Å². The molecular weight excluding hydrogens is 124 g/mol. The van der Waals surface area contributed by atoms with E-state index in [0.717, 1.165) is 12.2 Å². The van der Waals surface area contributed by atoms with Crippen LogP contribution in [0.2, 0.25) is 0 Å². The SMILES string of the molecule is CCCCc1ncccn1. The van der Waals surface area contributed by atoms with Gasteiger partial charge in [0.25, 0.3) is 0 Å². The van der Waals surface area contributed by atoms with Crippen LogP contribution in [0.25, 0.3) is 0 Å². The largest absolute Gasteiger partial charge is 0.241 e. The van der Waals surface area contributed by atoms with Crippen molar-refractivity contribution in [1.29, 1.82) is 0 Å². The minimum atomic E-state index is 0.962. The van der Waals surface area contributed by atoms with E-state index in [2.05, 4.69) is 16.9 Å². The fourth-order valence-electron chi connectivity index (χ4n) is 0.794. The second-order valence-electron chi connectivity index (χ2n) is 2.27. The van der Waals surface area contributed by atoms with Crippen molar-refractivity contribution >= 4 is 0 Å². The van der Waals surface area contributed by atoms with Gasteiger partial charge in [-0.15, -0.1) is 0 Å². The summed E-state index contributed by atoms with van der Waals surface area (Å²) in [6.07, 6.45) is 6.98. The highest BCUT2D eigenvalue weighted by Crippen LogP contribution is 1.95. The Morgan fingerprint density at radius 1 is 1.30 bits per heavy atom. The summed E-state index contributed by atoms with van der Waals surface area (Å²) in [4.78, 5) is 8.21. The van der Waals surface area contributed by atoms with Gasteiger partial charge in [-0.1, -0.05) is 13.3 Å². The highest BCUT2D eigenvalue weighted by molar-refractivity contribution is 4.87. The van der Waals surface area contributed by atoms with Crippen LogP contribution in [0.4, 0.5) is 0 Å². The van der Waals surface area contributed by atoms with Crippen molar-refractivity contribution in [3.63, 3.8) is 0 Å². The number of nitrogens with zero attached hydrogens (tertiary/aromatic N) is 2. The third-order valence-corrected chi connectivity index (χ3v) is 1.37. The molecule has 0 radical (unpaired) electrons. The van der Waals surface area contributed by atoms with Gasteiger partial charge in [-0.05, 0) is 12.5 Å². The first-order valence-electron chi connectivity index (χ1n) is 3.69. The van der Waals surface area contributed by atoms with Gasteiger partial charge in [0.05, 0.1) is 0 Å². The second-order valence-corrected chi connectivity index (χ2v) is 2.27. The fraction of sp³-hybridized carbons (Fsp3) is 0.500. The van der Waals surface area contributed by atoms with E-state index in [1.54, 1.807) is 12.4 Å². The van der Waals surface area contributed by atoms with Gasteiger partial charge in [0.2, 0.25) is 0 Å². The topological polar surface area (TPSA) is 25.8 Å². The molecule has 0 unspecified atom stereocenters. The summed E-state index contributed by atoms with van der Waals surface area (Å²) in [6.45, 7) is 2.17. The molecule has 0 aliphatic rings. The van der Waals surface area contributed by atoms with E-state index in [-0.39, 0.29) is 0 Å². The van der Waals surface area contributed by atoms with Crippen molar-refractivity contribution in [2.45, 2.75) is 26.2 Å². The van der Waals surface area contributed by atoms with Gasteiger partial charge < -0.3 is 0 Å². The highest BCUT2D eigenvalue weighted by atomic mass is 14.8. The first-order chi connectivity index (χ1) is 4.93. The lowest BCUT2D eigenvalue weighted by atomic mass is 10.2. The van der Waals surface area contributed by atoms with Crippen molar-refractivity contribution in [3.8, 4) is 0 Å². The normalized spacial score (nSPS) is 9.70. The molecule has 0 aliphatic heterocycles. The lowest BCUT2D eigenvalue weighted by Crippen LogP contribution is -1.91. The molecule has 1 heterocycles. The molecule has 1 aromatic rings. The van der Waals surface area contributed by atoms with Gasteiger partial charge in [-0.3, -0.25) is 0 Å². The standard InChI is InChI=1S/C8H12N2/c1-2-3-5-8-9-6-4-7-10-8/h4,6-7H,2-3,5H2,1H3. The maximum Gasteiger partial charge on any atom is 0.128 e. The first kappa shape index (κ1) is 7.19. The molecule has 1 rings (SSSR count). The molecule has 2 heteroatoms. The Morgan fingerprint density at radius 3 is 2.60 bits per heavy atom. The summed E-state index contributed by atoms with van der Waals surface area (Å²) >= 11 is 0. The van der Waals surface area contributed by atoms with Crippen LogP contribution < -0.4 is 0 Å². The minimum Gasteiger partial charge on any atom is -0.241 e. The lowest BCUT2D eigenvalue weighted by Gasteiger charge is -1.94. The van der Waals surface area contributed by atoms with Gasteiger partial charge in [0.1, 0.15) is 5.82 Å². The zero-order valence-electron chi connectivity index (χ0n) is 6.25. The van der Waals surface area contributed by atoms with Crippen LogP contribution in [0.1, 0.15) is 25.6 Å². The molecule has 1 aromatic heterocycles. The number of hydrogen-bond acceptors (Lipinski definition) is 2. The van der Waals surface area contributed by atoms with Crippen molar-refractivity contribution in [3.05, 3.63) is 24.3 Å². The predicted molar refractivity (Wildman–Crippen MR) is 40.6 cm³/mol. The van der Waals surface area contributed by atoms with Gasteiger partial charge in [-0.25, -0.2) is 9.97 Å². The molecule has 2 nitrogen and oxygen atoms in total. The molecule has 10 heavy (non-hydrogen) atoms. The van der Waals surface area contributed by atoms with Crippen LogP contribution in [0, 0.1) is 0 Å². The minimum absolute atomic E-state index is 0.962. The summed E-state index contributed by atoms with van der Waals surface area (Å²) in [5.74, 6) is 0.962. The number of unbranched alkanes of at least 4 members (excludes halogenated alkanes) is 1. The van der Waals surface area contributed by atoms with Crippen molar-refractivity contribution in [2.24, 2.45) is 0 Å². The fourth-order valence-corrected chi connectivity index (χ4v) is 0.794. The Morgan fingerprint density at radius 2 is 2.00 bits per heavy atom. The molecule has 54 valence electrons. The van der Waals surface area contributed by atoms with Crippen molar-refractivity contribution in [2.75, 3.05) is 0 Å². The Bertz CT molecular complexity index is 172. The molecule has 0 bridgehead atoms. The molecule has 0 fully saturated rings. The molecule has 0 aromatic carbocycles. The summed E-state index contributed by atoms with van der Waals surface area (Å²) in [5, 5.41) is 0. The van der Waals surface area contributed by atoms with E-state index in [1.165, 1.54) is 12.8 Å². The monoisotopic (exact) mass is 136 g/mol. The second kappa shape index (κ2) is 3.99. The predicted octanol–water partition coefficient (Wildman–Crippen LogP) is 1.82. The van der Waals surface area contributed by atoms with Crippen LogP contribution in [-0.2, 0) is 6.42 Å². The number of rotatable bonds is 3. The van der Waals surface area contributed by atoms with Crippen molar-refractivity contribution in [1.82, 2.24) is 9.97 Å². The van der Waals surface area contributed by atoms with E-state index < -0.39 is 0 Å². The van der Waals surface area contributed by atoms with Crippen LogP contribution in [0.5, 0.6) is 0 Å². The Kier molecular flexibility index (Phi) is 2.87. The van der Waals surface area contributed by atoms with Gasteiger partial charge in [-0.2, -0.15) is 0 Å². The number of hydrogen-bond donors (Lipinski definition) is 0. The van der Waals surface area contributed by atoms with E-state index in [1.807, 2.05) is 6.07 Å². The third-order valence-electron chi connectivity index (χ3n) is 1.37. The molecule has 0 aliphatic carbocycles. The van der Waals surface area contributed by atoms with E-state index in [4.69, 9.17) is 0 Å². The molecule has 0 saturated carbocycles. The summed E-state index contributed by atoms with van der Waals surface area (Å²) in [7, 11) is 0. The highest BCUT2D eigenvalue weighted by Gasteiger charge is 1.90. The van der Waals surface area contributed by atoms with Crippen LogP contribution in [0.15, 0.2) is 18.5 Å². The molecular formula is C8H12N2.